The first-order chi connectivity index (χ1) is 9.24. The van der Waals surface area contributed by atoms with Crippen molar-refractivity contribution in [3.63, 3.8) is 0 Å². The molecule has 0 radical (unpaired) electrons. The number of rotatable bonds is 5. The predicted octanol–water partition coefficient (Wildman–Crippen LogP) is 1.07. The van der Waals surface area contributed by atoms with Gasteiger partial charge >= 0.3 is 0 Å². The number of methoxy groups -OCH3 is 1. The number of nitrogens with zero attached hydrogens (tertiary/aromatic N) is 1. The number of ether oxygens (including phenoxy) is 1. The highest BCUT2D eigenvalue weighted by atomic mass is 16.5. The molecule has 0 unspecified atom stereocenters. The average Bonchev–Trinajstić information content (AvgIpc) is 2.94. The Morgan fingerprint density at radius 3 is 3.00 bits per heavy atom. The van der Waals surface area contributed by atoms with Gasteiger partial charge in [-0.05, 0) is 18.2 Å². The molecule has 6 heteroatoms. The largest absolute Gasteiger partial charge is 0.481 e. The third kappa shape index (κ3) is 3.11. The summed E-state index contributed by atoms with van der Waals surface area (Å²) in [7, 11) is 1.54. The number of amides is 1. The van der Waals surface area contributed by atoms with E-state index in [0.717, 1.165) is 5.56 Å². The smallest absolute Gasteiger partial charge is 0.287 e. The number of pyridine rings is 1. The van der Waals surface area contributed by atoms with E-state index in [1.807, 2.05) is 6.07 Å². The van der Waals surface area contributed by atoms with E-state index in [1.165, 1.54) is 7.11 Å². The Bertz CT molecular complexity index is 566. The van der Waals surface area contributed by atoms with Crippen molar-refractivity contribution in [3.8, 4) is 5.88 Å². The van der Waals surface area contributed by atoms with Crippen LogP contribution in [-0.2, 0) is 13.1 Å². The van der Waals surface area contributed by atoms with Crippen LogP contribution >= 0.6 is 0 Å². The van der Waals surface area contributed by atoms with Gasteiger partial charge in [0.1, 0.15) is 5.76 Å². The van der Waals surface area contributed by atoms with Gasteiger partial charge in [-0.15, -0.1) is 0 Å². The number of nitrogens with two attached hydrogens (primary N) is 1. The number of nitrogens with one attached hydrogen (secondary N) is 1. The van der Waals surface area contributed by atoms with Gasteiger partial charge in [0.2, 0.25) is 5.88 Å². The highest BCUT2D eigenvalue weighted by molar-refractivity contribution is 5.91. The highest BCUT2D eigenvalue weighted by Gasteiger charge is 2.11. The van der Waals surface area contributed by atoms with Gasteiger partial charge in [0.25, 0.3) is 5.91 Å². The summed E-state index contributed by atoms with van der Waals surface area (Å²) >= 11 is 0. The lowest BCUT2D eigenvalue weighted by Crippen LogP contribution is -2.22. The van der Waals surface area contributed by atoms with Crippen molar-refractivity contribution in [2.45, 2.75) is 13.1 Å². The van der Waals surface area contributed by atoms with Crippen molar-refractivity contribution in [2.75, 3.05) is 7.11 Å². The Labute approximate surface area is 110 Å². The molecule has 0 saturated carbocycles. The number of hydrogen-bond donors (Lipinski definition) is 2. The molecule has 1 amide bonds. The molecule has 0 saturated heterocycles. The molecule has 19 heavy (non-hydrogen) atoms. The molecule has 0 bridgehead atoms. The normalized spacial score (nSPS) is 10.2. The maximum Gasteiger partial charge on any atom is 0.287 e. The Morgan fingerprint density at radius 1 is 1.47 bits per heavy atom. The Morgan fingerprint density at radius 2 is 2.32 bits per heavy atom. The Hall–Kier alpha value is -2.34. The summed E-state index contributed by atoms with van der Waals surface area (Å²) in [6.07, 6.45) is 1.63. The standard InChI is InChI=1S/C13H15N3O3/c1-18-13-9(3-2-6-15-13)8-16-12(17)11-5-4-10(7-14)19-11/h2-6H,7-8,14H2,1H3,(H,16,17). The van der Waals surface area contributed by atoms with Crippen LogP contribution in [0, 0.1) is 0 Å². The quantitative estimate of drug-likeness (QED) is 0.840. The van der Waals surface area contributed by atoms with Crippen LogP contribution < -0.4 is 15.8 Å². The summed E-state index contributed by atoms with van der Waals surface area (Å²) in [6, 6.07) is 6.89. The zero-order valence-corrected chi connectivity index (χ0v) is 10.6. The molecule has 2 aromatic rings. The predicted molar refractivity (Wildman–Crippen MR) is 68.6 cm³/mol. The van der Waals surface area contributed by atoms with Crippen molar-refractivity contribution in [1.82, 2.24) is 10.3 Å². The summed E-state index contributed by atoms with van der Waals surface area (Å²) in [6.45, 7) is 0.582. The molecule has 0 spiro atoms. The van der Waals surface area contributed by atoms with Gasteiger partial charge in [0.15, 0.2) is 5.76 Å². The second kappa shape index (κ2) is 6.01. The molecule has 6 nitrogen and oxygen atoms in total. The minimum Gasteiger partial charge on any atom is -0.481 e. The molecule has 2 rings (SSSR count). The molecular weight excluding hydrogens is 246 g/mol. The number of aromatic nitrogens is 1. The summed E-state index contributed by atoms with van der Waals surface area (Å²) in [5.74, 6) is 1.00. The van der Waals surface area contributed by atoms with Crippen LogP contribution in [-0.4, -0.2) is 18.0 Å². The zero-order valence-electron chi connectivity index (χ0n) is 10.6. The van der Waals surface area contributed by atoms with Crippen LogP contribution in [0.5, 0.6) is 5.88 Å². The molecular formula is C13H15N3O3. The molecule has 0 aromatic carbocycles. The van der Waals surface area contributed by atoms with Crippen LogP contribution in [0.2, 0.25) is 0 Å². The van der Waals surface area contributed by atoms with Crippen LogP contribution in [0.25, 0.3) is 0 Å². The number of furan rings is 1. The number of carbonyl (C=O) groups is 1. The van der Waals surface area contributed by atoms with Gasteiger partial charge in [0.05, 0.1) is 13.7 Å². The van der Waals surface area contributed by atoms with Crippen molar-refractivity contribution < 1.29 is 13.9 Å². The van der Waals surface area contributed by atoms with E-state index in [2.05, 4.69) is 10.3 Å². The van der Waals surface area contributed by atoms with Crippen LogP contribution in [0.15, 0.2) is 34.9 Å². The fourth-order valence-corrected chi connectivity index (χ4v) is 1.61. The number of hydrogen-bond acceptors (Lipinski definition) is 5. The summed E-state index contributed by atoms with van der Waals surface area (Å²) in [4.78, 5) is 15.9. The van der Waals surface area contributed by atoms with E-state index in [-0.39, 0.29) is 18.2 Å². The van der Waals surface area contributed by atoms with E-state index < -0.39 is 0 Å². The summed E-state index contributed by atoms with van der Waals surface area (Å²) < 4.78 is 10.4. The minimum absolute atomic E-state index is 0.239. The Balaban J connectivity index is 2.00. The highest BCUT2D eigenvalue weighted by Crippen LogP contribution is 2.13. The zero-order chi connectivity index (χ0) is 13.7. The maximum absolute atomic E-state index is 11.8. The molecule has 100 valence electrons. The fourth-order valence-electron chi connectivity index (χ4n) is 1.61. The van der Waals surface area contributed by atoms with Gasteiger partial charge in [0, 0.05) is 18.3 Å². The minimum atomic E-state index is -0.300. The molecule has 0 aliphatic rings. The fraction of sp³-hybridized carbons (Fsp3) is 0.231. The lowest BCUT2D eigenvalue weighted by molar-refractivity contribution is 0.0921. The average molecular weight is 261 g/mol. The third-order valence-electron chi connectivity index (χ3n) is 2.57. The van der Waals surface area contributed by atoms with Gasteiger partial charge in [-0.1, -0.05) is 6.07 Å². The van der Waals surface area contributed by atoms with Crippen molar-refractivity contribution >= 4 is 5.91 Å². The molecule has 3 N–H and O–H groups in total. The molecule has 0 aliphatic carbocycles. The first-order valence-corrected chi connectivity index (χ1v) is 5.79. The van der Waals surface area contributed by atoms with Gasteiger partial charge in [-0.3, -0.25) is 4.79 Å². The van der Waals surface area contributed by atoms with Crippen LogP contribution in [0.3, 0.4) is 0 Å². The molecule has 0 atom stereocenters. The molecule has 0 aliphatic heterocycles. The van der Waals surface area contributed by atoms with Crippen molar-refractivity contribution in [3.05, 3.63) is 47.5 Å². The van der Waals surface area contributed by atoms with Crippen molar-refractivity contribution in [1.29, 1.82) is 0 Å². The lowest BCUT2D eigenvalue weighted by atomic mass is 10.2. The first kappa shape index (κ1) is 13.1. The van der Waals surface area contributed by atoms with E-state index in [9.17, 15) is 4.79 Å². The summed E-state index contributed by atoms with van der Waals surface area (Å²) in [5.41, 5.74) is 6.21. The van der Waals surface area contributed by atoms with Gasteiger partial charge in [-0.2, -0.15) is 0 Å². The van der Waals surface area contributed by atoms with E-state index >= 15 is 0 Å². The van der Waals surface area contributed by atoms with Crippen LogP contribution in [0.1, 0.15) is 21.9 Å². The SMILES string of the molecule is COc1ncccc1CNC(=O)c1ccc(CN)o1. The van der Waals surface area contributed by atoms with Gasteiger partial charge in [-0.25, -0.2) is 4.98 Å². The first-order valence-electron chi connectivity index (χ1n) is 5.79. The topological polar surface area (TPSA) is 90.4 Å². The van der Waals surface area contributed by atoms with E-state index in [1.54, 1.807) is 24.4 Å². The van der Waals surface area contributed by atoms with E-state index in [4.69, 9.17) is 14.9 Å². The van der Waals surface area contributed by atoms with Gasteiger partial charge < -0.3 is 20.2 Å². The van der Waals surface area contributed by atoms with Crippen LogP contribution in [0.4, 0.5) is 0 Å². The Kier molecular flexibility index (Phi) is 4.15. The third-order valence-corrected chi connectivity index (χ3v) is 2.57. The molecule has 2 aromatic heterocycles. The second-order valence-electron chi connectivity index (χ2n) is 3.82. The van der Waals surface area contributed by atoms with E-state index in [0.29, 0.717) is 18.2 Å². The second-order valence-corrected chi connectivity index (χ2v) is 3.82. The maximum atomic E-state index is 11.8. The molecule has 2 heterocycles. The lowest BCUT2D eigenvalue weighted by Gasteiger charge is -2.07. The summed E-state index contributed by atoms with van der Waals surface area (Å²) in [5, 5.41) is 2.73. The molecule has 0 fully saturated rings. The monoisotopic (exact) mass is 261 g/mol. The number of carbonyl (C=O) groups excluding carboxylic acids is 1. The van der Waals surface area contributed by atoms with Crippen molar-refractivity contribution in [2.24, 2.45) is 5.73 Å².